The molecule has 4 aliphatic rings. The Hall–Kier alpha value is -6.57. The van der Waals surface area contributed by atoms with Gasteiger partial charge in [-0.2, -0.15) is 0 Å². The van der Waals surface area contributed by atoms with Gasteiger partial charge >= 0.3 is 0 Å². The molecule has 4 aliphatic heterocycles. The number of hydrogen-bond donors (Lipinski definition) is 3. The number of anilines is 8. The second kappa shape index (κ2) is 21.6. The number of halogens is 4. The van der Waals surface area contributed by atoms with Crippen LogP contribution in [0.1, 0.15) is 31.4 Å². The van der Waals surface area contributed by atoms with E-state index in [0.29, 0.717) is 93.3 Å². The lowest BCUT2D eigenvalue weighted by Crippen LogP contribution is -2.49. The standard InChI is InChI=1S/C28H34F2N6O2.C23H26F2N6O/c1-18(2)12-25(37)35-4-6-36(7-5-35)28-19(3)27(26-23(30)13-20(29)14-24(26)33-28)32-21-15-22(17-31-16-21)34-8-10-38-11-9-34;1-15-22(28-17-12-18(14-27-13-17)30-6-8-32-9-7-30)21-19(25)10-16(24)11-20(21)29-23(15)31-4-2-26-3-5-31/h13-18H,4-12H2,1-3H3,(H,32,33);10-14,26H,2-9H2,1H3,(H,28,29). The maximum absolute atomic E-state index is 15.2. The van der Waals surface area contributed by atoms with Gasteiger partial charge in [-0.3, -0.25) is 14.8 Å². The van der Waals surface area contributed by atoms with Gasteiger partial charge in [-0.25, -0.2) is 27.5 Å². The number of ether oxygens (including phenoxy) is 2. The lowest BCUT2D eigenvalue weighted by molar-refractivity contribution is -0.132. The van der Waals surface area contributed by atoms with Gasteiger partial charge in [0.2, 0.25) is 5.91 Å². The number of rotatable bonds is 10. The zero-order valence-electron chi connectivity index (χ0n) is 40.1. The van der Waals surface area contributed by atoms with E-state index in [-0.39, 0.29) is 22.2 Å². The third-order valence-corrected chi connectivity index (χ3v) is 13.1. The molecule has 0 spiro atoms. The van der Waals surface area contributed by atoms with E-state index in [9.17, 15) is 18.0 Å². The molecular weight excluding hydrogens is 905 g/mol. The van der Waals surface area contributed by atoms with Gasteiger partial charge in [0.1, 0.15) is 34.9 Å². The van der Waals surface area contributed by atoms with Crippen molar-refractivity contribution in [2.45, 2.75) is 34.1 Å². The van der Waals surface area contributed by atoms with Crippen LogP contribution in [0.2, 0.25) is 0 Å². The number of carbonyl (C=O) groups is 1. The lowest BCUT2D eigenvalue weighted by atomic mass is 10.1. The predicted molar refractivity (Wildman–Crippen MR) is 267 cm³/mol. The van der Waals surface area contributed by atoms with Crippen molar-refractivity contribution in [3.63, 3.8) is 0 Å². The zero-order chi connectivity index (χ0) is 48.9. The van der Waals surface area contributed by atoms with Gasteiger partial charge in [0, 0.05) is 120 Å². The molecule has 0 bridgehead atoms. The minimum Gasteiger partial charge on any atom is -0.378 e. The molecule has 0 unspecified atom stereocenters. The maximum Gasteiger partial charge on any atom is 0.222 e. The van der Waals surface area contributed by atoms with Gasteiger partial charge in [-0.15, -0.1) is 0 Å². The number of aromatic nitrogens is 4. The van der Waals surface area contributed by atoms with Crippen LogP contribution in [0.25, 0.3) is 21.8 Å². The smallest absolute Gasteiger partial charge is 0.222 e. The highest BCUT2D eigenvalue weighted by molar-refractivity contribution is 5.99. The highest BCUT2D eigenvalue weighted by Crippen LogP contribution is 2.39. The van der Waals surface area contributed by atoms with Crippen LogP contribution in [0.15, 0.2) is 61.2 Å². The number of benzene rings is 2. The van der Waals surface area contributed by atoms with Crippen LogP contribution in [0.5, 0.6) is 0 Å². The monoisotopic (exact) mass is 964 g/mol. The quantitative estimate of drug-likeness (QED) is 0.116. The number of carbonyl (C=O) groups excluding carboxylic acids is 1. The van der Waals surface area contributed by atoms with Crippen LogP contribution in [-0.2, 0) is 14.3 Å². The Balaban J connectivity index is 0.000000176. The highest BCUT2D eigenvalue weighted by Gasteiger charge is 2.27. The van der Waals surface area contributed by atoms with E-state index in [1.165, 1.54) is 12.1 Å². The molecule has 10 rings (SSSR count). The van der Waals surface area contributed by atoms with E-state index in [2.05, 4.69) is 50.5 Å². The molecule has 1 amide bonds. The normalized spacial score (nSPS) is 16.7. The summed E-state index contributed by atoms with van der Waals surface area (Å²) < 4.78 is 69.3. The van der Waals surface area contributed by atoms with Crippen LogP contribution in [-0.4, -0.2) is 136 Å². The molecule has 3 N–H and O–H groups in total. The molecule has 0 radical (unpaired) electrons. The van der Waals surface area contributed by atoms with Gasteiger partial charge in [0.05, 0.1) is 107 Å². The first-order valence-corrected chi connectivity index (χ1v) is 24.1. The zero-order valence-corrected chi connectivity index (χ0v) is 40.1. The van der Waals surface area contributed by atoms with Gasteiger partial charge in [0.25, 0.3) is 0 Å². The Morgan fingerprint density at radius 2 is 1.04 bits per heavy atom. The van der Waals surface area contributed by atoms with Crippen molar-refractivity contribution in [3.05, 3.63) is 95.6 Å². The number of nitrogens with zero attached hydrogens (tertiary/aromatic N) is 9. The molecule has 4 fully saturated rings. The number of nitrogens with one attached hydrogen (secondary N) is 3. The number of morpholine rings is 2. The van der Waals surface area contributed by atoms with E-state index in [1.54, 1.807) is 18.6 Å². The summed E-state index contributed by atoms with van der Waals surface area (Å²) in [5.41, 5.74) is 6.57. The van der Waals surface area contributed by atoms with Crippen molar-refractivity contribution in [2.24, 2.45) is 5.92 Å². The molecule has 19 heteroatoms. The number of pyridine rings is 4. The molecule has 0 atom stereocenters. The Bertz CT molecular complexity index is 2830. The fourth-order valence-electron chi connectivity index (χ4n) is 9.51. The van der Waals surface area contributed by atoms with E-state index in [1.807, 2.05) is 50.9 Å². The van der Waals surface area contributed by atoms with Crippen molar-refractivity contribution >= 4 is 73.5 Å². The second-order valence-corrected chi connectivity index (χ2v) is 18.4. The third kappa shape index (κ3) is 10.9. The highest BCUT2D eigenvalue weighted by atomic mass is 19.1. The fourth-order valence-corrected chi connectivity index (χ4v) is 9.51. The molecule has 370 valence electrons. The van der Waals surface area contributed by atoms with E-state index in [0.717, 1.165) is 98.5 Å². The summed E-state index contributed by atoms with van der Waals surface area (Å²) in [6.45, 7) is 19.3. The largest absolute Gasteiger partial charge is 0.378 e. The third-order valence-electron chi connectivity index (χ3n) is 13.1. The molecular formula is C51H60F4N12O3. The average Bonchev–Trinajstić information content (AvgIpc) is 3.36. The van der Waals surface area contributed by atoms with Crippen LogP contribution >= 0.6 is 0 Å². The first kappa shape index (κ1) is 48.5. The van der Waals surface area contributed by atoms with Gasteiger partial charge in [0.15, 0.2) is 0 Å². The van der Waals surface area contributed by atoms with Crippen molar-refractivity contribution in [2.75, 3.05) is 135 Å². The summed E-state index contributed by atoms with van der Waals surface area (Å²) >= 11 is 0. The summed E-state index contributed by atoms with van der Waals surface area (Å²) in [6, 6.07) is 8.31. The molecule has 2 aromatic carbocycles. The average molecular weight is 965 g/mol. The molecule has 15 nitrogen and oxygen atoms in total. The molecule has 4 aromatic heterocycles. The van der Waals surface area contributed by atoms with Crippen LogP contribution < -0.4 is 35.6 Å². The molecule has 4 saturated heterocycles. The molecule has 0 saturated carbocycles. The van der Waals surface area contributed by atoms with Gasteiger partial charge in [-0.05, 0) is 31.9 Å². The second-order valence-electron chi connectivity index (χ2n) is 18.4. The first-order valence-electron chi connectivity index (χ1n) is 24.1. The Morgan fingerprint density at radius 3 is 1.49 bits per heavy atom. The van der Waals surface area contributed by atoms with Crippen LogP contribution in [0.3, 0.4) is 0 Å². The number of amides is 1. The molecule has 70 heavy (non-hydrogen) atoms. The van der Waals surface area contributed by atoms with Crippen LogP contribution in [0.4, 0.5) is 63.3 Å². The van der Waals surface area contributed by atoms with E-state index < -0.39 is 23.3 Å². The van der Waals surface area contributed by atoms with Gasteiger partial charge in [-0.1, -0.05) is 13.8 Å². The summed E-state index contributed by atoms with van der Waals surface area (Å²) in [6.07, 6.45) is 7.54. The van der Waals surface area contributed by atoms with E-state index in [4.69, 9.17) is 14.5 Å². The van der Waals surface area contributed by atoms with Gasteiger partial charge < -0.3 is 49.9 Å². The Kier molecular flexibility index (Phi) is 15.0. The van der Waals surface area contributed by atoms with Crippen molar-refractivity contribution in [1.29, 1.82) is 0 Å². The molecule has 8 heterocycles. The number of piperazine rings is 2. The van der Waals surface area contributed by atoms with E-state index >= 15 is 4.39 Å². The SMILES string of the molecule is Cc1c(N2CCN(C(=O)CC(C)C)CC2)nc2cc(F)cc(F)c2c1Nc1cncc(N2CCOCC2)c1.Cc1c(N2CCNCC2)nc2cc(F)cc(F)c2c1Nc1cncc(N2CCOCC2)c1. The van der Waals surface area contributed by atoms with Crippen molar-refractivity contribution < 1.29 is 31.8 Å². The first-order chi connectivity index (χ1) is 33.9. The van der Waals surface area contributed by atoms with Crippen LogP contribution in [0, 0.1) is 43.0 Å². The summed E-state index contributed by atoms with van der Waals surface area (Å²) in [7, 11) is 0. The lowest BCUT2D eigenvalue weighted by Gasteiger charge is -2.37. The van der Waals surface area contributed by atoms with Crippen molar-refractivity contribution in [1.82, 2.24) is 30.2 Å². The maximum atomic E-state index is 15.2. The minimum absolute atomic E-state index is 0.155. The topological polar surface area (TPSA) is 139 Å². The predicted octanol–water partition coefficient (Wildman–Crippen LogP) is 7.70. The summed E-state index contributed by atoms with van der Waals surface area (Å²) in [4.78, 5) is 41.2. The Morgan fingerprint density at radius 1 is 0.600 bits per heavy atom. The van der Waals surface area contributed by atoms with Crippen molar-refractivity contribution in [3.8, 4) is 0 Å². The molecule has 6 aromatic rings. The minimum atomic E-state index is -0.677. The number of hydrogen-bond acceptors (Lipinski definition) is 14. The Labute approximate surface area is 405 Å². The fraction of sp³-hybridized carbons (Fsp3) is 0.431. The number of fused-ring (bicyclic) bond motifs is 2. The summed E-state index contributed by atoms with van der Waals surface area (Å²) in [5, 5.41) is 10.6. The molecule has 0 aliphatic carbocycles. The summed E-state index contributed by atoms with van der Waals surface area (Å²) in [5.74, 6) is -0.778.